The molecule has 0 atom stereocenters. The summed E-state index contributed by atoms with van der Waals surface area (Å²) in [5.41, 5.74) is 8.73. The summed E-state index contributed by atoms with van der Waals surface area (Å²) in [6, 6.07) is 27.2. The van der Waals surface area contributed by atoms with Gasteiger partial charge in [0.2, 0.25) is 0 Å². The zero-order valence-corrected chi connectivity index (χ0v) is 36.1. The number of rotatable bonds is 16. The van der Waals surface area contributed by atoms with Crippen LogP contribution < -0.4 is 20.9 Å². The first kappa shape index (κ1) is 43.0. The van der Waals surface area contributed by atoms with Gasteiger partial charge in [0.1, 0.15) is 22.7 Å². The van der Waals surface area contributed by atoms with E-state index >= 15 is 0 Å². The minimum absolute atomic E-state index is 0.0135. The summed E-state index contributed by atoms with van der Waals surface area (Å²) in [4.78, 5) is 49.7. The highest BCUT2D eigenvalue weighted by atomic mass is 16.5. The average Bonchev–Trinajstić information content (AvgIpc) is 3.95. The third kappa shape index (κ3) is 9.23. The van der Waals surface area contributed by atoms with Gasteiger partial charge in [-0.05, 0) is 80.1 Å². The van der Waals surface area contributed by atoms with E-state index in [1.807, 2.05) is 116 Å². The highest BCUT2D eigenvalue weighted by molar-refractivity contribution is 6.10. The molecule has 0 bridgehead atoms. The topological polar surface area (TPSA) is 191 Å². The number of aromatic nitrogens is 5. The first-order valence-corrected chi connectivity index (χ1v) is 20.7. The maximum atomic E-state index is 13.2. The van der Waals surface area contributed by atoms with Gasteiger partial charge in [0.15, 0.2) is 0 Å². The van der Waals surface area contributed by atoms with Crippen LogP contribution in [0.1, 0.15) is 42.5 Å². The number of amides is 2. The van der Waals surface area contributed by atoms with Crippen LogP contribution in [0.15, 0.2) is 113 Å². The molecule has 2 aliphatic rings. The second-order valence-corrected chi connectivity index (χ2v) is 15.4. The molecule has 16 nitrogen and oxygen atoms in total. The second-order valence-electron chi connectivity index (χ2n) is 15.4. The molecule has 4 heterocycles. The Bertz CT molecular complexity index is 3060. The van der Waals surface area contributed by atoms with Gasteiger partial charge in [-0.3, -0.25) is 14.6 Å². The normalized spacial score (nSPS) is 11.7. The van der Waals surface area contributed by atoms with Crippen molar-refractivity contribution in [2.24, 2.45) is 4.99 Å². The molecule has 0 spiro atoms. The smallest absolute Gasteiger partial charge is 0.336 e. The number of aromatic carboxylic acids is 1. The third-order valence-electron chi connectivity index (χ3n) is 10.8. The fourth-order valence-corrected chi connectivity index (χ4v) is 7.51. The number of carbonyl (C=O) groups excluding carboxylic acids is 2. The lowest BCUT2D eigenvalue weighted by molar-refractivity contribution is 0.0444. The number of carboxylic acid groups (broad SMARTS) is 1. The van der Waals surface area contributed by atoms with Gasteiger partial charge >= 0.3 is 5.97 Å². The van der Waals surface area contributed by atoms with E-state index in [0.29, 0.717) is 71.4 Å². The molecule has 0 radical (unpaired) electrons. The van der Waals surface area contributed by atoms with Crippen molar-refractivity contribution in [1.82, 2.24) is 29.7 Å². The van der Waals surface area contributed by atoms with Crippen LogP contribution in [0.2, 0.25) is 0 Å². The summed E-state index contributed by atoms with van der Waals surface area (Å²) >= 11 is 0. The Balaban J connectivity index is 0.792. The Morgan fingerprint density at radius 3 is 2.39 bits per heavy atom. The first-order valence-electron chi connectivity index (χ1n) is 20.7. The summed E-state index contributed by atoms with van der Waals surface area (Å²) in [5.74, 6) is -1.26. The highest BCUT2D eigenvalue weighted by Crippen LogP contribution is 2.42. The van der Waals surface area contributed by atoms with Crippen molar-refractivity contribution in [2.75, 3.05) is 64.3 Å². The molecular weight excluding hydrogens is 815 g/mol. The van der Waals surface area contributed by atoms with E-state index in [4.69, 9.17) is 13.9 Å². The molecule has 1 aliphatic carbocycles. The predicted octanol–water partition coefficient (Wildman–Crippen LogP) is 6.74. The molecule has 3 aromatic heterocycles. The SMILES string of the molecule is CN=c1ccc2c(-c3ccc(C(=O)NCCOCCOCCn4cc(-c5ccc(NC(=O)c6ccn7c(C)cc(C)nc67)cc5)nn4)cc3C(=O)O)c3ccc(N(C)C)cc3oc-2c1. The van der Waals surface area contributed by atoms with Crippen molar-refractivity contribution in [3.8, 4) is 33.7 Å². The third-order valence-corrected chi connectivity index (χ3v) is 10.8. The lowest BCUT2D eigenvalue weighted by Gasteiger charge is -2.19. The molecule has 3 aromatic carbocycles. The lowest BCUT2D eigenvalue weighted by Crippen LogP contribution is -2.28. The molecule has 0 saturated carbocycles. The van der Waals surface area contributed by atoms with Crippen molar-refractivity contribution in [3.05, 3.63) is 137 Å². The van der Waals surface area contributed by atoms with Crippen LogP contribution in [0.4, 0.5) is 11.4 Å². The Labute approximate surface area is 368 Å². The Kier molecular flexibility index (Phi) is 12.6. The number of anilines is 2. The predicted molar refractivity (Wildman–Crippen MR) is 243 cm³/mol. The number of hydrogen-bond acceptors (Lipinski definition) is 11. The molecule has 8 rings (SSSR count). The quantitative estimate of drug-likeness (QED) is 0.0689. The number of aryl methyl sites for hydroxylation is 2. The fraction of sp³-hybridized carbons (Fsp3) is 0.229. The van der Waals surface area contributed by atoms with Gasteiger partial charge in [-0.15, -0.1) is 5.10 Å². The van der Waals surface area contributed by atoms with Gasteiger partial charge in [0.05, 0.1) is 55.7 Å². The molecule has 1 aliphatic heterocycles. The number of nitrogens with one attached hydrogen (secondary N) is 2. The van der Waals surface area contributed by atoms with E-state index in [1.165, 1.54) is 6.07 Å². The van der Waals surface area contributed by atoms with Crippen LogP contribution >= 0.6 is 0 Å². The second kappa shape index (κ2) is 18.7. The molecule has 16 heteroatoms. The summed E-state index contributed by atoms with van der Waals surface area (Å²) in [6.45, 7) is 5.84. The Morgan fingerprint density at radius 2 is 1.62 bits per heavy atom. The van der Waals surface area contributed by atoms with Gasteiger partial charge in [-0.1, -0.05) is 23.4 Å². The highest BCUT2D eigenvalue weighted by Gasteiger charge is 2.23. The fourth-order valence-electron chi connectivity index (χ4n) is 7.51. The monoisotopic (exact) mass is 861 g/mol. The standard InChI is InChI=1S/C48H47N9O7/c1-29-24-30(2)57-18-16-39(45(57)51-29)47(59)52-33-9-6-31(7-10-33)41-28-56(54-53-41)19-21-63-23-22-62-20-17-50-46(58)32-8-13-36(40(25-32)48(60)61)44-37-14-11-34(49-3)26-42(37)64-43-27-35(55(4)5)12-15-38(43)44/h6-16,18,24-28H,17,19-23H2,1-5H3,(H,50,58)(H,52,59)(H,60,61). The van der Waals surface area contributed by atoms with Crippen LogP contribution in [-0.2, 0) is 16.0 Å². The first-order chi connectivity index (χ1) is 31.0. The van der Waals surface area contributed by atoms with Crippen molar-refractivity contribution >= 4 is 45.8 Å². The number of carboxylic acids is 1. The number of ether oxygens (including phenoxy) is 2. The van der Waals surface area contributed by atoms with E-state index in [9.17, 15) is 19.5 Å². The molecule has 0 unspecified atom stereocenters. The van der Waals surface area contributed by atoms with Gasteiger partial charge in [-0.25, -0.2) is 14.5 Å². The minimum Gasteiger partial charge on any atom is -0.478 e. The summed E-state index contributed by atoms with van der Waals surface area (Å²) in [7, 11) is 5.56. The number of benzene rings is 4. The van der Waals surface area contributed by atoms with Gasteiger partial charge in [0, 0.05) is 96.4 Å². The molecule has 0 fully saturated rings. The summed E-state index contributed by atoms with van der Waals surface area (Å²) in [5, 5.41) is 26.1. The van der Waals surface area contributed by atoms with E-state index in [1.54, 1.807) is 29.9 Å². The van der Waals surface area contributed by atoms with E-state index < -0.39 is 11.9 Å². The van der Waals surface area contributed by atoms with Crippen LogP contribution in [0.3, 0.4) is 0 Å². The molecule has 2 amide bonds. The van der Waals surface area contributed by atoms with E-state index in [0.717, 1.165) is 38.9 Å². The number of nitrogens with zero attached hydrogens (tertiary/aromatic N) is 7. The van der Waals surface area contributed by atoms with Crippen molar-refractivity contribution in [3.63, 3.8) is 0 Å². The molecule has 64 heavy (non-hydrogen) atoms. The molecule has 6 aromatic rings. The molecule has 3 N–H and O–H groups in total. The minimum atomic E-state index is -1.16. The molecule has 326 valence electrons. The van der Waals surface area contributed by atoms with Crippen molar-refractivity contribution in [2.45, 2.75) is 20.4 Å². The summed E-state index contributed by atoms with van der Waals surface area (Å²) in [6.07, 6.45) is 3.67. The summed E-state index contributed by atoms with van der Waals surface area (Å²) < 4.78 is 21.3. The van der Waals surface area contributed by atoms with E-state index in [2.05, 4.69) is 30.9 Å². The van der Waals surface area contributed by atoms with Gasteiger partial charge in [-0.2, -0.15) is 0 Å². The van der Waals surface area contributed by atoms with Crippen molar-refractivity contribution in [1.29, 1.82) is 0 Å². The number of hydrogen-bond donors (Lipinski definition) is 3. The maximum Gasteiger partial charge on any atom is 0.336 e. The van der Waals surface area contributed by atoms with Crippen molar-refractivity contribution < 1.29 is 33.4 Å². The number of carbonyl (C=O) groups is 3. The van der Waals surface area contributed by atoms with Gasteiger partial charge in [0.25, 0.3) is 11.8 Å². The van der Waals surface area contributed by atoms with E-state index in [-0.39, 0.29) is 30.2 Å². The maximum absolute atomic E-state index is 13.2. The zero-order valence-electron chi connectivity index (χ0n) is 36.1. The number of fused-ring (bicyclic) bond motifs is 3. The largest absolute Gasteiger partial charge is 0.478 e. The Morgan fingerprint density at radius 1 is 0.844 bits per heavy atom. The van der Waals surface area contributed by atoms with Crippen LogP contribution in [0.5, 0.6) is 0 Å². The average molecular weight is 862 g/mol. The van der Waals surface area contributed by atoms with Crippen LogP contribution in [0, 0.1) is 13.8 Å². The van der Waals surface area contributed by atoms with Crippen LogP contribution in [-0.4, -0.2) is 101 Å². The zero-order chi connectivity index (χ0) is 44.9. The lowest BCUT2D eigenvalue weighted by atomic mass is 9.89. The van der Waals surface area contributed by atoms with Crippen LogP contribution in [0.25, 0.3) is 50.3 Å². The Hall–Kier alpha value is -7.69. The molecular formula is C48H47N9O7. The van der Waals surface area contributed by atoms with Gasteiger partial charge < -0.3 is 38.9 Å². The molecule has 0 saturated heterocycles.